The molecule has 0 aliphatic rings. The van der Waals surface area contributed by atoms with E-state index < -0.39 is 0 Å². The van der Waals surface area contributed by atoms with Crippen molar-refractivity contribution in [3.05, 3.63) is 5.53 Å². The minimum Gasteiger partial charge on any atom is -0.362 e. The first-order valence-electron chi connectivity index (χ1n) is 2.57. The minimum atomic E-state index is 0. The maximum Gasteiger partial charge on any atom is 0.257 e. The molecule has 0 spiro atoms. The molecule has 0 aliphatic heterocycles. The Morgan fingerprint density at radius 3 is 3.00 bits per heavy atom. The Morgan fingerprint density at radius 1 is 1.86 bits per heavy atom. The van der Waals surface area contributed by atoms with E-state index in [4.69, 9.17) is 5.53 Å². The van der Waals surface area contributed by atoms with E-state index in [9.17, 15) is 0 Å². The van der Waals surface area contributed by atoms with Gasteiger partial charge in [-0.25, -0.2) is 0 Å². The first-order chi connectivity index (χ1) is 3.41. The molecule has 2 nitrogen and oxygen atoms in total. The summed E-state index contributed by atoms with van der Waals surface area (Å²) in [5, 5.41) is 1.30. The van der Waals surface area contributed by atoms with E-state index in [2.05, 4.69) is 4.79 Å². The maximum absolute atomic E-state index is 7.87. The van der Waals surface area contributed by atoms with E-state index in [1.165, 1.54) is 34.2 Å². The Labute approximate surface area is 53.1 Å². The van der Waals surface area contributed by atoms with Crippen molar-refractivity contribution in [3.63, 3.8) is 0 Å². The average Bonchev–Trinajstić information content (AvgIpc) is 1.69. The van der Waals surface area contributed by atoms with Crippen LogP contribution in [0.15, 0.2) is 0 Å². The van der Waals surface area contributed by atoms with Gasteiger partial charge >= 0.3 is 0 Å². The molecule has 0 rings (SSSR count). The third-order valence-electron chi connectivity index (χ3n) is 0.768. The monoisotopic (exact) mass is 114 g/mol. The lowest BCUT2D eigenvalue weighted by Crippen LogP contribution is -1.75. The van der Waals surface area contributed by atoms with E-state index in [1.54, 1.807) is 0 Å². The number of hydrogen-bond acceptors (Lipinski definition) is 0. The van der Waals surface area contributed by atoms with Gasteiger partial charge in [-0.2, -0.15) is 4.79 Å². The molecule has 3 heteroatoms. The van der Waals surface area contributed by atoms with Crippen molar-refractivity contribution in [2.75, 3.05) is 0 Å². The maximum atomic E-state index is 7.87. The van der Waals surface area contributed by atoms with Crippen LogP contribution >= 0.6 is 0 Å². The minimum absolute atomic E-state index is 0. The van der Waals surface area contributed by atoms with Crippen molar-refractivity contribution in [2.24, 2.45) is 0 Å². The third kappa shape index (κ3) is 5.91. The molecule has 0 fully saturated rings. The van der Waals surface area contributed by atoms with Gasteiger partial charge in [0.25, 0.3) is 6.21 Å². The summed E-state index contributed by atoms with van der Waals surface area (Å²) in [5.74, 6) is 0. The topological polar surface area (TPSA) is 36.4 Å². The van der Waals surface area contributed by atoms with Crippen LogP contribution in [0.4, 0.5) is 0 Å². The Kier molecular flexibility index (Phi) is 5.84. The van der Waals surface area contributed by atoms with Gasteiger partial charge in [-0.1, -0.05) is 6.42 Å². The van der Waals surface area contributed by atoms with Crippen LogP contribution in [0.25, 0.3) is 5.53 Å². The summed E-state index contributed by atoms with van der Waals surface area (Å²) in [6.45, 7) is 0. The van der Waals surface area contributed by atoms with E-state index in [1.807, 2.05) is 0 Å². The van der Waals surface area contributed by atoms with Gasteiger partial charge in [0.1, 0.15) is 0 Å². The molecule has 0 radical (unpaired) electrons. The molecule has 0 heterocycles. The number of hydrogen-bond donors (Lipinski definition) is 0. The highest BCUT2D eigenvalue weighted by molar-refractivity contribution is 6.08. The lowest BCUT2D eigenvalue weighted by molar-refractivity contribution is 0.000870. The predicted molar refractivity (Wildman–Crippen MR) is 34.4 cm³/mol. The van der Waals surface area contributed by atoms with Crippen molar-refractivity contribution in [2.45, 2.75) is 18.1 Å². The molecule has 0 atom stereocenters. The molecular formula is C4H11AlN2. The quantitative estimate of drug-likeness (QED) is 0.167. The highest BCUT2D eigenvalue weighted by Crippen LogP contribution is 1.85. The predicted octanol–water partition coefficient (Wildman–Crippen LogP) is 0.365. The summed E-state index contributed by atoms with van der Waals surface area (Å²) in [4.78, 5) is 2.86. The molecule has 0 aromatic heterocycles. The fourth-order valence-electron chi connectivity index (χ4n) is 0.353. The van der Waals surface area contributed by atoms with Crippen LogP contribution < -0.4 is 0 Å². The van der Waals surface area contributed by atoms with E-state index >= 15 is 0 Å². The highest BCUT2D eigenvalue weighted by Gasteiger charge is 1.79. The molecule has 0 saturated carbocycles. The van der Waals surface area contributed by atoms with Gasteiger partial charge < -0.3 is 5.53 Å². The summed E-state index contributed by atoms with van der Waals surface area (Å²) in [6.07, 6.45) is 3.65. The lowest BCUT2D eigenvalue weighted by atomic mass is 10.4. The number of rotatable bonds is 3. The molecule has 0 saturated heterocycles. The van der Waals surface area contributed by atoms with Crippen molar-refractivity contribution in [1.82, 2.24) is 0 Å². The lowest BCUT2D eigenvalue weighted by Gasteiger charge is -1.76. The second kappa shape index (κ2) is 5.91. The summed E-state index contributed by atoms with van der Waals surface area (Å²) >= 11 is 1.26. The molecule has 0 N–H and O–H groups in total. The van der Waals surface area contributed by atoms with Crippen molar-refractivity contribution >= 4 is 22.5 Å². The molecule has 0 aromatic rings. The SMILES string of the molecule is [HH].[N-]=[N+]=CCC[CH2][AlH2]. The van der Waals surface area contributed by atoms with Crippen LogP contribution in [0.2, 0.25) is 5.28 Å². The molecule has 7 heavy (non-hydrogen) atoms. The van der Waals surface area contributed by atoms with Crippen LogP contribution in [0.3, 0.4) is 0 Å². The highest BCUT2D eigenvalue weighted by atomic mass is 27.0. The standard InChI is InChI=1S/C4H7N2.Al.H2.2H/c1-2-3-4-6-5;;;;/h4H,1-3H2;;1H;;. The summed E-state index contributed by atoms with van der Waals surface area (Å²) in [6, 6.07) is 0. The van der Waals surface area contributed by atoms with Crippen LogP contribution in [0.1, 0.15) is 14.3 Å². The van der Waals surface area contributed by atoms with Gasteiger partial charge in [0.05, 0.1) is 0 Å². The second-order valence-electron chi connectivity index (χ2n) is 1.44. The molecule has 0 aliphatic carbocycles. The van der Waals surface area contributed by atoms with Crippen LogP contribution in [-0.4, -0.2) is 27.3 Å². The van der Waals surface area contributed by atoms with E-state index in [0.717, 1.165) is 6.42 Å². The van der Waals surface area contributed by atoms with Crippen molar-refractivity contribution < 1.29 is 6.22 Å². The zero-order valence-electron chi connectivity index (χ0n) is 4.59. The average molecular weight is 114 g/mol. The van der Waals surface area contributed by atoms with Crippen molar-refractivity contribution in [1.29, 1.82) is 0 Å². The van der Waals surface area contributed by atoms with Crippen LogP contribution in [0.5, 0.6) is 0 Å². The van der Waals surface area contributed by atoms with Crippen LogP contribution in [-0.2, 0) is 0 Å². The van der Waals surface area contributed by atoms with Gasteiger partial charge in [0.2, 0.25) is 16.3 Å². The Balaban J connectivity index is 0. The smallest absolute Gasteiger partial charge is 0.257 e. The largest absolute Gasteiger partial charge is 0.362 e. The summed E-state index contributed by atoms with van der Waals surface area (Å²) in [7, 11) is 0. The summed E-state index contributed by atoms with van der Waals surface area (Å²) < 4.78 is 0. The third-order valence-corrected chi connectivity index (χ3v) is 1.48. The normalized spacial score (nSPS) is 7.43. The Hall–Kier alpha value is -0.0875. The fraction of sp³-hybridized carbons (Fsp3) is 0.750. The zero-order valence-corrected chi connectivity index (χ0v) is 6.59. The van der Waals surface area contributed by atoms with Crippen LogP contribution in [0, 0.1) is 0 Å². The van der Waals surface area contributed by atoms with Gasteiger partial charge in [-0.15, -0.1) is 5.28 Å². The van der Waals surface area contributed by atoms with Crippen molar-refractivity contribution in [3.8, 4) is 0 Å². The molecule has 0 aromatic carbocycles. The van der Waals surface area contributed by atoms with Gasteiger partial charge in [-0.05, 0) is 0 Å². The van der Waals surface area contributed by atoms with Gasteiger partial charge in [-0.3, -0.25) is 0 Å². The van der Waals surface area contributed by atoms with E-state index in [-0.39, 0.29) is 1.43 Å². The molecule has 0 amide bonds. The summed E-state index contributed by atoms with van der Waals surface area (Å²) in [5.41, 5.74) is 7.87. The Morgan fingerprint density at radius 2 is 2.57 bits per heavy atom. The molecule has 40 valence electrons. The fourth-order valence-corrected chi connectivity index (χ4v) is 0.761. The first-order valence-corrected chi connectivity index (χ1v) is 3.99. The molecule has 0 bridgehead atoms. The molecular weight excluding hydrogens is 103 g/mol. The zero-order chi connectivity index (χ0) is 5.54. The molecule has 0 unspecified atom stereocenters. The number of unbranched alkanes of at least 4 members (excludes halogenated alkanes) is 1. The second-order valence-corrected chi connectivity index (χ2v) is 2.44. The Bertz CT molecular complexity index is 80.1. The number of nitrogens with zero attached hydrogens (tertiary/aromatic N) is 2. The first kappa shape index (κ1) is 6.91. The van der Waals surface area contributed by atoms with Gasteiger partial charge in [0.15, 0.2) is 0 Å². The van der Waals surface area contributed by atoms with E-state index in [0.29, 0.717) is 0 Å². The van der Waals surface area contributed by atoms with Gasteiger partial charge in [0, 0.05) is 7.85 Å².